The van der Waals surface area contributed by atoms with E-state index in [9.17, 15) is 24.3 Å². The van der Waals surface area contributed by atoms with Gasteiger partial charge in [-0.25, -0.2) is 4.79 Å². The van der Waals surface area contributed by atoms with Gasteiger partial charge in [0.25, 0.3) is 5.34 Å². The summed E-state index contributed by atoms with van der Waals surface area (Å²) >= 11 is 0. The van der Waals surface area contributed by atoms with E-state index in [-0.39, 0.29) is 0 Å². The number of hydrogen-bond acceptors (Lipinski definition) is 3. The Balaban J connectivity index is 5.67. The maximum atomic E-state index is 11.8. The van der Waals surface area contributed by atoms with Gasteiger partial charge in [-0.05, 0) is 25.9 Å². The Morgan fingerprint density at radius 3 is 2.16 bits per heavy atom. The third-order valence-electron chi connectivity index (χ3n) is 3.11. The Hall–Kier alpha value is -0.203. The van der Waals surface area contributed by atoms with Gasteiger partial charge in [0.2, 0.25) is 0 Å². The summed E-state index contributed by atoms with van der Waals surface area (Å²) in [5, 5.41) is 7.04. The summed E-state index contributed by atoms with van der Waals surface area (Å²) in [6.07, 6.45) is 2.35. The fraction of sp³-hybridized carbons (Fsp3) is 0.909. The summed E-state index contributed by atoms with van der Waals surface area (Å²) in [7, 11) is -6.85. The average Bonchev–Trinajstić information content (AvgIpc) is 2.25. The topological polar surface area (TPSA) is 104 Å². The number of carboxylic acids is 1. The molecule has 0 aliphatic rings. The molecule has 0 rings (SSSR count). The van der Waals surface area contributed by atoms with Crippen molar-refractivity contribution >= 4 is 22.6 Å². The van der Waals surface area contributed by atoms with E-state index in [1.807, 2.05) is 6.92 Å². The molecule has 0 aliphatic carbocycles. The molecule has 0 aromatic carbocycles. The molecule has 0 saturated heterocycles. The highest BCUT2D eigenvalue weighted by atomic mass is 31.2. The van der Waals surface area contributed by atoms with Crippen LogP contribution in [0.15, 0.2) is 0 Å². The minimum atomic E-state index is -4.92. The van der Waals surface area contributed by atoms with Crippen LogP contribution < -0.4 is 0 Å². The van der Waals surface area contributed by atoms with Crippen molar-refractivity contribution in [3.05, 3.63) is 0 Å². The average molecular weight is 312 g/mol. The van der Waals surface area contributed by atoms with E-state index in [1.165, 1.54) is 0 Å². The molecular weight excluding hydrogens is 287 g/mol. The summed E-state index contributed by atoms with van der Waals surface area (Å²) in [4.78, 5) is 30.7. The van der Waals surface area contributed by atoms with Crippen molar-refractivity contribution in [2.75, 3.05) is 0 Å². The van der Waals surface area contributed by atoms with Crippen LogP contribution in [0.25, 0.3) is 0 Å². The third-order valence-corrected chi connectivity index (χ3v) is 5.68. The highest BCUT2D eigenvalue weighted by Crippen LogP contribution is 2.57. The molecule has 0 radical (unpaired) electrons. The zero-order valence-electron chi connectivity index (χ0n) is 12.0. The summed E-state index contributed by atoms with van der Waals surface area (Å²) < 4.78 is 17.2. The minimum Gasteiger partial charge on any atom is -0.479 e. The molecule has 0 aromatic heterocycles. The minimum absolute atomic E-state index is 0.360. The van der Waals surface area contributed by atoms with Crippen molar-refractivity contribution in [3.8, 4) is 0 Å². The number of carboxylic acid groups (broad SMARTS) is 1. The Morgan fingerprint density at radius 1 is 1.37 bits per heavy atom. The monoisotopic (exact) mass is 312 g/mol. The van der Waals surface area contributed by atoms with Gasteiger partial charge >= 0.3 is 13.6 Å². The molecule has 0 saturated carbocycles. The maximum Gasteiger partial charge on any atom is 0.368 e. The quantitative estimate of drug-likeness (QED) is 0.445. The van der Waals surface area contributed by atoms with Crippen molar-refractivity contribution < 1.29 is 28.7 Å². The normalized spacial score (nSPS) is 17.2. The van der Waals surface area contributed by atoms with Gasteiger partial charge in [0.1, 0.15) is 0 Å². The number of rotatable bonds is 9. The van der Waals surface area contributed by atoms with E-state index in [1.54, 1.807) is 20.0 Å². The largest absolute Gasteiger partial charge is 0.479 e. The van der Waals surface area contributed by atoms with E-state index in [2.05, 4.69) is 0 Å². The SMILES string of the molecule is CCCCC(CC)C(O[SiH](C)C)(C(=O)O)P(=O)(O)O. The molecule has 2 atom stereocenters. The van der Waals surface area contributed by atoms with Crippen molar-refractivity contribution in [2.24, 2.45) is 5.92 Å². The summed E-state index contributed by atoms with van der Waals surface area (Å²) in [5.74, 6) is -2.23. The maximum absolute atomic E-state index is 11.8. The van der Waals surface area contributed by atoms with E-state index < -0.39 is 33.9 Å². The molecule has 0 heterocycles. The molecule has 0 aliphatic heterocycles. The zero-order chi connectivity index (χ0) is 15.3. The van der Waals surface area contributed by atoms with E-state index in [0.29, 0.717) is 12.8 Å². The number of unbranched alkanes of at least 4 members (excludes halogenated alkanes) is 1. The van der Waals surface area contributed by atoms with Crippen LogP contribution in [0.4, 0.5) is 0 Å². The molecule has 19 heavy (non-hydrogen) atoms. The first-order chi connectivity index (χ1) is 8.63. The summed E-state index contributed by atoms with van der Waals surface area (Å²) in [5.41, 5.74) is 0. The summed E-state index contributed by atoms with van der Waals surface area (Å²) in [6.45, 7) is 7.10. The molecule has 6 nitrogen and oxygen atoms in total. The van der Waals surface area contributed by atoms with Crippen LogP contribution in [0.5, 0.6) is 0 Å². The smallest absolute Gasteiger partial charge is 0.368 e. The number of carbonyl (C=O) groups is 1. The first-order valence-electron chi connectivity index (χ1n) is 6.60. The zero-order valence-corrected chi connectivity index (χ0v) is 14.0. The van der Waals surface area contributed by atoms with Gasteiger partial charge in [0.05, 0.1) is 0 Å². The van der Waals surface area contributed by atoms with Gasteiger partial charge in [0.15, 0.2) is 9.04 Å². The number of aliphatic carboxylic acids is 1. The lowest BCUT2D eigenvalue weighted by Gasteiger charge is -2.38. The van der Waals surface area contributed by atoms with Crippen molar-refractivity contribution in [1.82, 2.24) is 0 Å². The molecule has 2 unspecified atom stereocenters. The Bertz CT molecular complexity index is 342. The van der Waals surface area contributed by atoms with Crippen LogP contribution in [0.3, 0.4) is 0 Å². The fourth-order valence-corrected chi connectivity index (χ4v) is 5.47. The van der Waals surface area contributed by atoms with Crippen LogP contribution in [-0.2, 0) is 13.8 Å². The second-order valence-electron chi connectivity index (χ2n) is 4.96. The van der Waals surface area contributed by atoms with Crippen LogP contribution in [0.2, 0.25) is 13.1 Å². The lowest BCUT2D eigenvalue weighted by atomic mass is 9.93. The molecule has 0 amide bonds. The van der Waals surface area contributed by atoms with Crippen molar-refractivity contribution in [2.45, 2.75) is 58.0 Å². The molecule has 0 bridgehead atoms. The molecule has 0 spiro atoms. The van der Waals surface area contributed by atoms with Gasteiger partial charge in [-0.2, -0.15) is 0 Å². The first kappa shape index (κ1) is 18.8. The standard InChI is InChI=1S/C11H25O6PSi/c1-5-7-8-9(6-2)11(10(12)13,17-19(3)4)18(14,15)16/h9,19H,5-8H2,1-4H3,(H,12,13)(H2,14,15,16). The fourth-order valence-electron chi connectivity index (χ4n) is 2.24. The van der Waals surface area contributed by atoms with Gasteiger partial charge in [-0.1, -0.05) is 26.7 Å². The summed E-state index contributed by atoms with van der Waals surface area (Å²) in [6, 6.07) is 0. The first-order valence-corrected chi connectivity index (χ1v) is 11.0. The Morgan fingerprint density at radius 2 is 1.89 bits per heavy atom. The van der Waals surface area contributed by atoms with Crippen LogP contribution >= 0.6 is 7.60 Å². The van der Waals surface area contributed by atoms with E-state index >= 15 is 0 Å². The molecular formula is C11H25O6PSi. The predicted molar refractivity (Wildman–Crippen MR) is 75.7 cm³/mol. The van der Waals surface area contributed by atoms with Crippen LogP contribution in [0, 0.1) is 5.92 Å². The van der Waals surface area contributed by atoms with E-state index in [4.69, 9.17) is 4.43 Å². The van der Waals surface area contributed by atoms with Crippen molar-refractivity contribution in [3.63, 3.8) is 0 Å². The molecule has 0 fully saturated rings. The highest BCUT2D eigenvalue weighted by Gasteiger charge is 2.60. The third kappa shape index (κ3) is 4.39. The molecule has 8 heteroatoms. The van der Waals surface area contributed by atoms with Gasteiger partial charge in [-0.3, -0.25) is 4.57 Å². The Kier molecular flexibility index (Phi) is 7.46. The molecule has 0 aromatic rings. The van der Waals surface area contributed by atoms with E-state index in [0.717, 1.165) is 12.8 Å². The Labute approximate surface area is 116 Å². The van der Waals surface area contributed by atoms with Crippen LogP contribution in [0.1, 0.15) is 39.5 Å². The lowest BCUT2D eigenvalue weighted by molar-refractivity contribution is -0.154. The second-order valence-corrected chi connectivity index (χ2v) is 9.05. The number of hydrogen-bond donors (Lipinski definition) is 3. The highest BCUT2D eigenvalue weighted by molar-refractivity contribution is 7.54. The van der Waals surface area contributed by atoms with Crippen LogP contribution in [-0.4, -0.2) is 35.2 Å². The molecule has 114 valence electrons. The van der Waals surface area contributed by atoms with Gasteiger partial charge in [0, 0.05) is 5.92 Å². The van der Waals surface area contributed by atoms with Gasteiger partial charge in [-0.15, -0.1) is 0 Å². The van der Waals surface area contributed by atoms with Crippen molar-refractivity contribution in [1.29, 1.82) is 0 Å². The van der Waals surface area contributed by atoms with Gasteiger partial charge < -0.3 is 19.3 Å². The lowest BCUT2D eigenvalue weighted by Crippen LogP contribution is -2.50. The second kappa shape index (κ2) is 7.55. The predicted octanol–water partition coefficient (Wildman–Crippen LogP) is 2.16. The molecule has 3 N–H and O–H groups in total.